The second-order valence-corrected chi connectivity index (χ2v) is 6.62. The van der Waals surface area contributed by atoms with Crippen LogP contribution in [-0.4, -0.2) is 31.6 Å². The number of amides is 3. The van der Waals surface area contributed by atoms with Crippen molar-refractivity contribution in [3.63, 3.8) is 0 Å². The van der Waals surface area contributed by atoms with E-state index in [2.05, 4.69) is 36.0 Å². The maximum Gasteiger partial charge on any atom is 0.315 e. The minimum absolute atomic E-state index is 0.0110. The fourth-order valence-corrected chi connectivity index (χ4v) is 3.07. The summed E-state index contributed by atoms with van der Waals surface area (Å²) in [6.45, 7) is 15.0. The molecule has 0 bridgehead atoms. The van der Waals surface area contributed by atoms with Crippen LogP contribution in [0.4, 0.5) is 4.79 Å². The third-order valence-corrected chi connectivity index (χ3v) is 4.88. The minimum Gasteiger partial charge on any atom is -0.356 e. The smallest absolute Gasteiger partial charge is 0.315 e. The highest BCUT2D eigenvalue weighted by molar-refractivity contribution is 5.74. The Hall–Kier alpha value is -2.04. The van der Waals surface area contributed by atoms with Crippen LogP contribution in [0.3, 0.4) is 0 Å². The average molecular weight is 333 g/mol. The summed E-state index contributed by atoms with van der Waals surface area (Å²) in [4.78, 5) is 22.9. The summed E-state index contributed by atoms with van der Waals surface area (Å²) < 4.78 is 0. The molecule has 0 aliphatic heterocycles. The van der Waals surface area contributed by atoms with Gasteiger partial charge in [-0.25, -0.2) is 4.79 Å². The number of hydrogen-bond acceptors (Lipinski definition) is 2. The van der Waals surface area contributed by atoms with Crippen molar-refractivity contribution in [1.29, 1.82) is 0 Å². The van der Waals surface area contributed by atoms with E-state index in [0.717, 1.165) is 30.4 Å². The van der Waals surface area contributed by atoms with Crippen LogP contribution in [-0.2, 0) is 4.79 Å². The summed E-state index contributed by atoms with van der Waals surface area (Å²) in [7, 11) is 0. The molecule has 0 aromatic carbocycles. The monoisotopic (exact) mass is 333 g/mol. The molecular formula is C19H31N3O2. The van der Waals surface area contributed by atoms with Crippen LogP contribution >= 0.6 is 0 Å². The number of allylic oxidation sites excluding steroid dienone is 2. The number of nitrogens with one attached hydrogen (secondary N) is 3. The average Bonchev–Trinajstić information content (AvgIpc) is 3.22. The molecule has 0 heterocycles. The molecule has 0 radical (unpaired) electrons. The Morgan fingerprint density at radius 2 is 1.96 bits per heavy atom. The Morgan fingerprint density at radius 3 is 2.50 bits per heavy atom. The Morgan fingerprint density at radius 1 is 1.25 bits per heavy atom. The third kappa shape index (κ3) is 6.22. The SMILES string of the molecule is C=CC=C(CNC(=O)NCC1CC1(CC)CCNC(C)=O)C(=C)C. The lowest BCUT2D eigenvalue weighted by Gasteiger charge is -2.16. The van der Waals surface area contributed by atoms with Gasteiger partial charge in [-0.15, -0.1) is 0 Å². The summed E-state index contributed by atoms with van der Waals surface area (Å²) in [6, 6.07) is -0.162. The van der Waals surface area contributed by atoms with Crippen molar-refractivity contribution in [2.24, 2.45) is 11.3 Å². The highest BCUT2D eigenvalue weighted by Crippen LogP contribution is 2.57. The maximum absolute atomic E-state index is 11.9. The first-order valence-corrected chi connectivity index (χ1v) is 8.58. The van der Waals surface area contributed by atoms with Crippen molar-refractivity contribution >= 4 is 11.9 Å². The molecule has 5 heteroatoms. The Bertz CT molecular complexity index is 525. The zero-order valence-electron chi connectivity index (χ0n) is 15.2. The normalized spacial score (nSPS) is 22.5. The minimum atomic E-state index is -0.162. The van der Waals surface area contributed by atoms with Crippen molar-refractivity contribution in [2.75, 3.05) is 19.6 Å². The fraction of sp³-hybridized carbons (Fsp3) is 0.579. The van der Waals surface area contributed by atoms with Gasteiger partial charge in [-0.05, 0) is 36.7 Å². The lowest BCUT2D eigenvalue weighted by molar-refractivity contribution is -0.119. The number of urea groups is 1. The molecule has 0 spiro atoms. The van der Waals surface area contributed by atoms with Gasteiger partial charge in [-0.2, -0.15) is 0 Å². The van der Waals surface area contributed by atoms with Crippen LogP contribution in [0.25, 0.3) is 0 Å². The van der Waals surface area contributed by atoms with Gasteiger partial charge in [0.1, 0.15) is 0 Å². The van der Waals surface area contributed by atoms with Gasteiger partial charge < -0.3 is 16.0 Å². The molecule has 1 rings (SSSR count). The second-order valence-electron chi connectivity index (χ2n) is 6.62. The third-order valence-electron chi connectivity index (χ3n) is 4.88. The second kappa shape index (κ2) is 9.30. The zero-order valence-corrected chi connectivity index (χ0v) is 15.2. The summed E-state index contributed by atoms with van der Waals surface area (Å²) in [5, 5.41) is 8.66. The van der Waals surface area contributed by atoms with Crippen LogP contribution in [0.15, 0.2) is 36.5 Å². The molecule has 1 aliphatic rings. The van der Waals surface area contributed by atoms with Crippen LogP contribution in [0.1, 0.15) is 40.0 Å². The molecular weight excluding hydrogens is 302 g/mol. The molecule has 1 fully saturated rings. The van der Waals surface area contributed by atoms with Crippen molar-refractivity contribution in [1.82, 2.24) is 16.0 Å². The van der Waals surface area contributed by atoms with Gasteiger partial charge in [-0.1, -0.05) is 44.2 Å². The molecule has 24 heavy (non-hydrogen) atoms. The first-order valence-electron chi connectivity index (χ1n) is 8.58. The lowest BCUT2D eigenvalue weighted by atomic mass is 9.96. The molecule has 1 saturated carbocycles. The van der Waals surface area contributed by atoms with E-state index in [-0.39, 0.29) is 17.4 Å². The van der Waals surface area contributed by atoms with Gasteiger partial charge in [0.25, 0.3) is 0 Å². The molecule has 3 N–H and O–H groups in total. The summed E-state index contributed by atoms with van der Waals surface area (Å²) >= 11 is 0. The van der Waals surface area contributed by atoms with Gasteiger partial charge in [-0.3, -0.25) is 4.79 Å². The number of carbonyl (C=O) groups excluding carboxylic acids is 2. The molecule has 2 atom stereocenters. The van der Waals surface area contributed by atoms with E-state index in [1.807, 2.05) is 13.0 Å². The van der Waals surface area contributed by atoms with Gasteiger partial charge >= 0.3 is 6.03 Å². The predicted molar refractivity (Wildman–Crippen MR) is 98.6 cm³/mol. The van der Waals surface area contributed by atoms with Gasteiger partial charge in [0, 0.05) is 26.6 Å². The van der Waals surface area contributed by atoms with Crippen molar-refractivity contribution in [3.05, 3.63) is 36.5 Å². The molecule has 0 aromatic heterocycles. The van der Waals surface area contributed by atoms with E-state index >= 15 is 0 Å². The number of carbonyl (C=O) groups is 2. The first-order chi connectivity index (χ1) is 11.3. The van der Waals surface area contributed by atoms with Crippen LogP contribution in [0, 0.1) is 11.3 Å². The Labute approximate surface area is 145 Å². The topological polar surface area (TPSA) is 70.2 Å². The van der Waals surface area contributed by atoms with E-state index in [0.29, 0.717) is 25.6 Å². The summed E-state index contributed by atoms with van der Waals surface area (Å²) in [6.07, 6.45) is 6.70. The van der Waals surface area contributed by atoms with E-state index < -0.39 is 0 Å². The Kier molecular flexibility index (Phi) is 7.75. The first kappa shape index (κ1) is 20.0. The fourth-order valence-electron chi connectivity index (χ4n) is 3.07. The van der Waals surface area contributed by atoms with Crippen LogP contribution in [0.2, 0.25) is 0 Å². The molecule has 2 unspecified atom stereocenters. The van der Waals surface area contributed by atoms with Crippen LogP contribution < -0.4 is 16.0 Å². The van der Waals surface area contributed by atoms with Gasteiger partial charge in [0.15, 0.2) is 0 Å². The standard InChI is InChI=1S/C19H31N3O2/c1-6-8-16(14(3)4)12-21-18(24)22-13-17-11-19(17,7-2)9-10-20-15(5)23/h6,8,17H,1,3,7,9-13H2,2,4-5H3,(H,20,23)(H2,21,22,24). The Balaban J connectivity index is 2.32. The molecule has 0 saturated heterocycles. The van der Waals surface area contributed by atoms with E-state index in [4.69, 9.17) is 0 Å². The largest absolute Gasteiger partial charge is 0.356 e. The molecule has 1 aliphatic carbocycles. The summed E-state index contributed by atoms with van der Waals surface area (Å²) in [5.41, 5.74) is 2.14. The predicted octanol–water partition coefficient (Wildman–Crippen LogP) is 2.92. The zero-order chi connectivity index (χ0) is 18.2. The van der Waals surface area contributed by atoms with Crippen molar-refractivity contribution < 1.29 is 9.59 Å². The highest BCUT2D eigenvalue weighted by atomic mass is 16.2. The molecule has 3 amide bonds. The lowest BCUT2D eigenvalue weighted by Crippen LogP contribution is -2.38. The van der Waals surface area contributed by atoms with Gasteiger partial charge in [0.2, 0.25) is 5.91 Å². The van der Waals surface area contributed by atoms with E-state index in [1.165, 1.54) is 6.92 Å². The number of rotatable bonds is 10. The van der Waals surface area contributed by atoms with Crippen molar-refractivity contribution in [2.45, 2.75) is 40.0 Å². The van der Waals surface area contributed by atoms with Gasteiger partial charge in [0.05, 0.1) is 0 Å². The molecule has 5 nitrogen and oxygen atoms in total. The van der Waals surface area contributed by atoms with E-state index in [1.54, 1.807) is 6.08 Å². The van der Waals surface area contributed by atoms with E-state index in [9.17, 15) is 9.59 Å². The molecule has 134 valence electrons. The quantitative estimate of drug-likeness (QED) is 0.538. The number of hydrogen-bond donors (Lipinski definition) is 3. The summed E-state index contributed by atoms with van der Waals surface area (Å²) in [5.74, 6) is 0.503. The highest BCUT2D eigenvalue weighted by Gasteiger charge is 2.51. The maximum atomic E-state index is 11.9. The van der Waals surface area contributed by atoms with Crippen LogP contribution in [0.5, 0.6) is 0 Å². The van der Waals surface area contributed by atoms with Crippen molar-refractivity contribution in [3.8, 4) is 0 Å². The molecule has 0 aromatic rings.